The van der Waals surface area contributed by atoms with Crippen LogP contribution in [0.25, 0.3) is 0 Å². The predicted octanol–water partition coefficient (Wildman–Crippen LogP) is -0.410. The number of nitrogens with two attached hydrogens (primary N) is 2. The summed E-state index contributed by atoms with van der Waals surface area (Å²) in [6.45, 7) is 1.55. The molecule has 5 heteroatoms. The Morgan fingerprint density at radius 2 is 2.23 bits per heavy atom. The van der Waals surface area contributed by atoms with Gasteiger partial charge in [0, 0.05) is 12.0 Å². The van der Waals surface area contributed by atoms with Gasteiger partial charge < -0.3 is 16.2 Å². The molecular formula is C8H12N4O. The number of nitrogen functional groups attached to an aromatic ring is 1. The van der Waals surface area contributed by atoms with Crippen molar-refractivity contribution in [1.29, 1.82) is 0 Å². The highest BCUT2D eigenvalue weighted by molar-refractivity contribution is 5.42. The van der Waals surface area contributed by atoms with Gasteiger partial charge in [0.1, 0.15) is 11.6 Å². The van der Waals surface area contributed by atoms with Gasteiger partial charge in [0.25, 0.3) is 0 Å². The third-order valence-corrected chi connectivity index (χ3v) is 2.08. The first-order chi connectivity index (χ1) is 6.31. The average Bonchev–Trinajstić information content (AvgIpc) is 2.18. The molecule has 0 unspecified atom stereocenters. The van der Waals surface area contributed by atoms with Crippen molar-refractivity contribution in [2.24, 2.45) is 5.73 Å². The second kappa shape index (κ2) is 3.27. The predicted molar refractivity (Wildman–Crippen MR) is 47.7 cm³/mol. The Morgan fingerprint density at radius 1 is 1.38 bits per heavy atom. The van der Waals surface area contributed by atoms with Gasteiger partial charge in [-0.1, -0.05) is 0 Å². The van der Waals surface area contributed by atoms with E-state index in [4.69, 9.17) is 16.2 Å². The minimum absolute atomic E-state index is 0.332. The molecule has 0 atom stereocenters. The number of nitrogens with zero attached hydrogens (tertiary/aromatic N) is 2. The van der Waals surface area contributed by atoms with Crippen LogP contribution in [0.1, 0.15) is 17.1 Å². The topological polar surface area (TPSA) is 87.0 Å². The van der Waals surface area contributed by atoms with Gasteiger partial charge in [-0.2, -0.15) is 0 Å². The van der Waals surface area contributed by atoms with E-state index in [1.54, 1.807) is 0 Å². The van der Waals surface area contributed by atoms with Crippen LogP contribution in [-0.2, 0) is 24.3 Å². The van der Waals surface area contributed by atoms with Crippen LogP contribution in [-0.4, -0.2) is 16.6 Å². The Labute approximate surface area is 76.1 Å². The number of fused-ring (bicyclic) bond motifs is 1. The molecule has 1 aliphatic rings. The van der Waals surface area contributed by atoms with Crippen LogP contribution in [0.2, 0.25) is 0 Å². The highest BCUT2D eigenvalue weighted by Gasteiger charge is 2.15. The normalized spacial score (nSPS) is 15.5. The van der Waals surface area contributed by atoms with Crippen LogP contribution in [0.3, 0.4) is 0 Å². The molecular weight excluding hydrogens is 168 g/mol. The molecule has 1 aromatic heterocycles. The maximum atomic E-state index is 5.73. The summed E-state index contributed by atoms with van der Waals surface area (Å²) in [5, 5.41) is 0. The average molecular weight is 180 g/mol. The van der Waals surface area contributed by atoms with Crippen LogP contribution in [0.5, 0.6) is 0 Å². The number of hydrogen-bond donors (Lipinski definition) is 2. The highest BCUT2D eigenvalue weighted by Crippen LogP contribution is 2.19. The fraction of sp³-hybridized carbons (Fsp3) is 0.500. The van der Waals surface area contributed by atoms with E-state index in [9.17, 15) is 0 Å². The van der Waals surface area contributed by atoms with Gasteiger partial charge in [0.05, 0.1) is 25.5 Å². The lowest BCUT2D eigenvalue weighted by Crippen LogP contribution is -2.18. The Hall–Kier alpha value is -1.20. The van der Waals surface area contributed by atoms with E-state index in [0.717, 1.165) is 17.7 Å². The van der Waals surface area contributed by atoms with Crippen molar-refractivity contribution < 1.29 is 4.74 Å². The van der Waals surface area contributed by atoms with Crippen molar-refractivity contribution in [3.8, 4) is 0 Å². The van der Waals surface area contributed by atoms with Crippen LogP contribution in [0, 0.1) is 0 Å². The summed E-state index contributed by atoms with van der Waals surface area (Å²) in [6.07, 6.45) is 0.801. The molecule has 5 nitrogen and oxygen atoms in total. The first-order valence-corrected chi connectivity index (χ1v) is 4.23. The minimum Gasteiger partial charge on any atom is -0.383 e. The molecule has 4 N–H and O–H groups in total. The monoisotopic (exact) mass is 180 g/mol. The summed E-state index contributed by atoms with van der Waals surface area (Å²) in [4.78, 5) is 8.36. The summed E-state index contributed by atoms with van der Waals surface area (Å²) in [6, 6.07) is 0. The van der Waals surface area contributed by atoms with E-state index in [0.29, 0.717) is 31.4 Å². The lowest BCUT2D eigenvalue weighted by Gasteiger charge is -2.17. The maximum Gasteiger partial charge on any atom is 0.144 e. The first-order valence-electron chi connectivity index (χ1n) is 4.23. The second-order valence-electron chi connectivity index (χ2n) is 2.96. The molecule has 0 saturated carbocycles. The molecule has 2 heterocycles. The fourth-order valence-electron chi connectivity index (χ4n) is 1.40. The van der Waals surface area contributed by atoms with Crippen molar-refractivity contribution >= 4 is 5.82 Å². The number of ether oxygens (including phenoxy) is 1. The third kappa shape index (κ3) is 1.48. The molecule has 0 fully saturated rings. The van der Waals surface area contributed by atoms with Gasteiger partial charge in [-0.15, -0.1) is 0 Å². The summed E-state index contributed by atoms with van der Waals surface area (Å²) in [5.41, 5.74) is 13.1. The van der Waals surface area contributed by atoms with Crippen molar-refractivity contribution in [3.63, 3.8) is 0 Å². The smallest absolute Gasteiger partial charge is 0.144 e. The standard InChI is InChI=1S/C8H12N4O/c9-3-7-11-6-1-2-13-4-5(6)8(10)12-7/h1-4,9H2,(H2,10,11,12). The van der Waals surface area contributed by atoms with Gasteiger partial charge in [-0.3, -0.25) is 0 Å². The van der Waals surface area contributed by atoms with E-state index in [1.165, 1.54) is 0 Å². The molecule has 0 bridgehead atoms. The molecule has 13 heavy (non-hydrogen) atoms. The van der Waals surface area contributed by atoms with Crippen molar-refractivity contribution in [3.05, 3.63) is 17.1 Å². The van der Waals surface area contributed by atoms with E-state index in [1.807, 2.05) is 0 Å². The molecule has 1 aromatic rings. The van der Waals surface area contributed by atoms with Crippen molar-refractivity contribution in [2.45, 2.75) is 19.6 Å². The Bertz CT molecular complexity index is 326. The molecule has 0 aromatic carbocycles. The van der Waals surface area contributed by atoms with Gasteiger partial charge in [-0.05, 0) is 0 Å². The van der Waals surface area contributed by atoms with E-state index >= 15 is 0 Å². The quantitative estimate of drug-likeness (QED) is 0.613. The van der Waals surface area contributed by atoms with Crippen LogP contribution in [0.15, 0.2) is 0 Å². The molecule has 0 aliphatic carbocycles. The zero-order valence-electron chi connectivity index (χ0n) is 7.29. The minimum atomic E-state index is 0.332. The summed E-state index contributed by atoms with van der Waals surface area (Å²) >= 11 is 0. The Kier molecular flexibility index (Phi) is 2.12. The number of hydrogen-bond acceptors (Lipinski definition) is 5. The van der Waals surface area contributed by atoms with Crippen LogP contribution < -0.4 is 11.5 Å². The Balaban J connectivity index is 2.47. The molecule has 0 radical (unpaired) electrons. The second-order valence-corrected chi connectivity index (χ2v) is 2.96. The van der Waals surface area contributed by atoms with Crippen LogP contribution >= 0.6 is 0 Å². The number of rotatable bonds is 1. The molecule has 2 rings (SSSR count). The number of aromatic nitrogens is 2. The zero-order valence-corrected chi connectivity index (χ0v) is 7.29. The summed E-state index contributed by atoms with van der Waals surface area (Å²) in [7, 11) is 0. The van der Waals surface area contributed by atoms with Gasteiger partial charge in [-0.25, -0.2) is 9.97 Å². The summed E-state index contributed by atoms with van der Waals surface area (Å²) < 4.78 is 5.26. The zero-order chi connectivity index (χ0) is 9.26. The van der Waals surface area contributed by atoms with Crippen molar-refractivity contribution in [2.75, 3.05) is 12.3 Å². The van der Waals surface area contributed by atoms with E-state index in [-0.39, 0.29) is 0 Å². The third-order valence-electron chi connectivity index (χ3n) is 2.08. The molecule has 0 spiro atoms. The lowest BCUT2D eigenvalue weighted by atomic mass is 10.1. The van der Waals surface area contributed by atoms with E-state index < -0.39 is 0 Å². The van der Waals surface area contributed by atoms with E-state index in [2.05, 4.69) is 9.97 Å². The first kappa shape index (κ1) is 8.40. The maximum absolute atomic E-state index is 5.73. The molecule has 1 aliphatic heterocycles. The molecule has 0 amide bonds. The lowest BCUT2D eigenvalue weighted by molar-refractivity contribution is 0.109. The van der Waals surface area contributed by atoms with Gasteiger partial charge >= 0.3 is 0 Å². The molecule has 0 saturated heterocycles. The van der Waals surface area contributed by atoms with Crippen molar-refractivity contribution in [1.82, 2.24) is 9.97 Å². The van der Waals surface area contributed by atoms with Gasteiger partial charge in [0.2, 0.25) is 0 Å². The van der Waals surface area contributed by atoms with Gasteiger partial charge in [0.15, 0.2) is 0 Å². The fourth-order valence-corrected chi connectivity index (χ4v) is 1.40. The molecule has 70 valence electrons. The highest BCUT2D eigenvalue weighted by atomic mass is 16.5. The summed E-state index contributed by atoms with van der Waals surface area (Å²) in [5.74, 6) is 1.11. The SMILES string of the molecule is NCc1nc(N)c2c(n1)CCOC2. The van der Waals surface area contributed by atoms with Crippen LogP contribution in [0.4, 0.5) is 5.82 Å². The number of anilines is 1. The largest absolute Gasteiger partial charge is 0.383 e. The Morgan fingerprint density at radius 3 is 3.00 bits per heavy atom.